The predicted octanol–water partition coefficient (Wildman–Crippen LogP) is 4.35. The summed E-state index contributed by atoms with van der Waals surface area (Å²) in [6, 6.07) is 11.6. The molecule has 0 saturated heterocycles. The average Bonchev–Trinajstić information content (AvgIpc) is 3.10. The number of carbonyl (C=O) groups excluding carboxylic acids is 1. The number of fused-ring (bicyclic) bond motifs is 1. The van der Waals surface area contributed by atoms with Crippen molar-refractivity contribution in [2.24, 2.45) is 0 Å². The van der Waals surface area contributed by atoms with E-state index in [0.29, 0.717) is 13.1 Å². The van der Waals surface area contributed by atoms with E-state index in [-0.39, 0.29) is 6.03 Å². The summed E-state index contributed by atoms with van der Waals surface area (Å²) in [7, 11) is 1.77. The van der Waals surface area contributed by atoms with Crippen molar-refractivity contribution in [1.29, 1.82) is 0 Å². The third kappa shape index (κ3) is 3.58. The Morgan fingerprint density at radius 2 is 2.09 bits per heavy atom. The van der Waals surface area contributed by atoms with Crippen LogP contribution in [0.15, 0.2) is 36.4 Å². The second-order valence-corrected chi connectivity index (χ2v) is 7.71. The number of thiazole rings is 1. The van der Waals surface area contributed by atoms with Crippen LogP contribution in [-0.2, 0) is 13.1 Å². The lowest BCUT2D eigenvalue weighted by Gasteiger charge is -2.16. The van der Waals surface area contributed by atoms with Gasteiger partial charge in [-0.15, -0.1) is 22.7 Å². The fourth-order valence-corrected chi connectivity index (χ4v) is 4.07. The van der Waals surface area contributed by atoms with Crippen LogP contribution in [0.4, 0.5) is 4.79 Å². The van der Waals surface area contributed by atoms with Crippen LogP contribution in [0.25, 0.3) is 10.2 Å². The van der Waals surface area contributed by atoms with Gasteiger partial charge in [-0.1, -0.05) is 23.7 Å². The van der Waals surface area contributed by atoms with Gasteiger partial charge in [0.1, 0.15) is 5.01 Å². The van der Waals surface area contributed by atoms with E-state index in [0.717, 1.165) is 24.4 Å². The summed E-state index contributed by atoms with van der Waals surface area (Å²) in [5, 5.41) is 3.80. The van der Waals surface area contributed by atoms with Gasteiger partial charge in [0.05, 0.1) is 27.6 Å². The third-order valence-corrected chi connectivity index (χ3v) is 5.35. The smallest absolute Gasteiger partial charge is 0.317 e. The molecule has 1 N–H and O–H groups in total. The average molecular weight is 352 g/mol. The van der Waals surface area contributed by atoms with Gasteiger partial charge < -0.3 is 10.2 Å². The zero-order valence-corrected chi connectivity index (χ0v) is 14.3. The van der Waals surface area contributed by atoms with Crippen molar-refractivity contribution < 1.29 is 4.79 Å². The van der Waals surface area contributed by atoms with Crippen LogP contribution in [0.5, 0.6) is 0 Å². The summed E-state index contributed by atoms with van der Waals surface area (Å²) in [4.78, 5) is 19.3. The highest BCUT2D eigenvalue weighted by Crippen LogP contribution is 2.23. The number of hydrogen-bond acceptors (Lipinski definition) is 4. The van der Waals surface area contributed by atoms with E-state index < -0.39 is 0 Å². The summed E-state index contributed by atoms with van der Waals surface area (Å²) in [5.74, 6) is 0. The minimum atomic E-state index is -0.122. The normalized spacial score (nSPS) is 10.8. The van der Waals surface area contributed by atoms with E-state index in [2.05, 4.69) is 10.3 Å². The largest absolute Gasteiger partial charge is 0.331 e. The fraction of sp³-hybridized carbons (Fsp3) is 0.200. The second-order valence-electron chi connectivity index (χ2n) is 4.80. The Labute approximate surface area is 141 Å². The maximum atomic E-state index is 12.1. The molecule has 4 nitrogen and oxygen atoms in total. The molecule has 3 rings (SSSR count). The van der Waals surface area contributed by atoms with Crippen molar-refractivity contribution >= 4 is 50.5 Å². The van der Waals surface area contributed by atoms with Crippen LogP contribution >= 0.6 is 34.3 Å². The SMILES string of the molecule is CN(Cc1ccc(Cl)s1)C(=O)NCc1nc2ccccc2s1. The highest BCUT2D eigenvalue weighted by molar-refractivity contribution is 7.18. The summed E-state index contributed by atoms with van der Waals surface area (Å²) in [6.07, 6.45) is 0. The van der Waals surface area contributed by atoms with Crippen LogP contribution in [0, 0.1) is 0 Å². The Morgan fingerprint density at radius 3 is 2.82 bits per heavy atom. The molecule has 0 aliphatic rings. The molecule has 0 radical (unpaired) electrons. The number of thiophene rings is 1. The molecule has 0 spiro atoms. The van der Waals surface area contributed by atoms with Crippen molar-refractivity contribution in [3.8, 4) is 0 Å². The summed E-state index contributed by atoms with van der Waals surface area (Å²) < 4.78 is 1.87. The number of hydrogen-bond donors (Lipinski definition) is 1. The first kappa shape index (κ1) is 15.3. The molecule has 0 atom stereocenters. The van der Waals surface area contributed by atoms with Gasteiger partial charge in [0.25, 0.3) is 0 Å². The molecular weight excluding hydrogens is 338 g/mol. The number of nitrogens with zero attached hydrogens (tertiary/aromatic N) is 2. The van der Waals surface area contributed by atoms with Crippen LogP contribution < -0.4 is 5.32 Å². The molecule has 1 aromatic carbocycles. The van der Waals surface area contributed by atoms with Crippen molar-refractivity contribution in [2.45, 2.75) is 13.1 Å². The van der Waals surface area contributed by atoms with Crippen LogP contribution in [0.3, 0.4) is 0 Å². The third-order valence-electron chi connectivity index (χ3n) is 3.10. The van der Waals surface area contributed by atoms with E-state index in [1.165, 1.54) is 11.3 Å². The number of benzene rings is 1. The van der Waals surface area contributed by atoms with Gasteiger partial charge in [-0.3, -0.25) is 0 Å². The molecule has 0 bridgehead atoms. The highest BCUT2D eigenvalue weighted by atomic mass is 35.5. The molecule has 0 aliphatic heterocycles. The maximum Gasteiger partial charge on any atom is 0.317 e. The van der Waals surface area contributed by atoms with Gasteiger partial charge >= 0.3 is 6.03 Å². The van der Waals surface area contributed by atoms with Crippen LogP contribution in [-0.4, -0.2) is 23.0 Å². The molecule has 114 valence electrons. The second kappa shape index (κ2) is 6.64. The topological polar surface area (TPSA) is 45.2 Å². The van der Waals surface area contributed by atoms with Gasteiger partial charge in [-0.25, -0.2) is 9.78 Å². The van der Waals surface area contributed by atoms with Crippen molar-refractivity contribution in [1.82, 2.24) is 15.2 Å². The number of carbonyl (C=O) groups is 1. The number of rotatable bonds is 4. The molecule has 0 unspecified atom stereocenters. The standard InChI is InChI=1S/C15H14ClN3OS2/c1-19(9-10-6-7-13(16)21-10)15(20)17-8-14-18-11-4-2-3-5-12(11)22-14/h2-7H,8-9H2,1H3,(H,17,20). The Hall–Kier alpha value is -1.63. The lowest BCUT2D eigenvalue weighted by Crippen LogP contribution is -2.36. The molecule has 2 amide bonds. The lowest BCUT2D eigenvalue weighted by atomic mass is 10.3. The molecule has 3 aromatic rings. The van der Waals surface area contributed by atoms with Gasteiger partial charge in [0.15, 0.2) is 0 Å². The highest BCUT2D eigenvalue weighted by Gasteiger charge is 2.11. The number of halogens is 1. The van der Waals surface area contributed by atoms with Crippen molar-refractivity contribution in [2.75, 3.05) is 7.05 Å². The van der Waals surface area contributed by atoms with Crippen LogP contribution in [0.1, 0.15) is 9.88 Å². The monoisotopic (exact) mass is 351 g/mol. The Balaban J connectivity index is 1.57. The van der Waals surface area contributed by atoms with E-state index >= 15 is 0 Å². The van der Waals surface area contributed by atoms with E-state index in [4.69, 9.17) is 11.6 Å². The summed E-state index contributed by atoms with van der Waals surface area (Å²) in [6.45, 7) is 0.983. The van der Waals surface area contributed by atoms with E-state index in [1.807, 2.05) is 36.4 Å². The zero-order valence-electron chi connectivity index (χ0n) is 11.9. The minimum absolute atomic E-state index is 0.122. The molecule has 22 heavy (non-hydrogen) atoms. The molecule has 7 heteroatoms. The maximum absolute atomic E-state index is 12.1. The predicted molar refractivity (Wildman–Crippen MR) is 92.7 cm³/mol. The molecule has 0 saturated carbocycles. The van der Waals surface area contributed by atoms with Gasteiger partial charge in [0.2, 0.25) is 0 Å². The molecule has 0 fully saturated rings. The quantitative estimate of drug-likeness (QED) is 0.759. The van der Waals surface area contributed by atoms with Crippen molar-refractivity contribution in [3.05, 3.63) is 50.6 Å². The van der Waals surface area contributed by atoms with Gasteiger partial charge in [0, 0.05) is 11.9 Å². The summed E-state index contributed by atoms with van der Waals surface area (Å²) in [5.41, 5.74) is 0.971. The molecule has 2 heterocycles. The Bertz CT molecular complexity index is 766. The number of aromatic nitrogens is 1. The first-order valence-corrected chi connectivity index (χ1v) is 8.70. The molecular formula is C15H14ClN3OS2. The summed E-state index contributed by atoms with van der Waals surface area (Å²) >= 11 is 8.98. The zero-order chi connectivity index (χ0) is 15.5. The van der Waals surface area contributed by atoms with Crippen molar-refractivity contribution in [3.63, 3.8) is 0 Å². The van der Waals surface area contributed by atoms with Crippen LogP contribution in [0.2, 0.25) is 4.34 Å². The number of nitrogens with one attached hydrogen (secondary N) is 1. The molecule has 2 aromatic heterocycles. The number of amides is 2. The number of para-hydroxylation sites is 1. The Kier molecular flexibility index (Phi) is 4.61. The van der Waals surface area contributed by atoms with E-state index in [1.54, 1.807) is 23.3 Å². The first-order chi connectivity index (χ1) is 10.6. The van der Waals surface area contributed by atoms with Gasteiger partial charge in [-0.2, -0.15) is 0 Å². The van der Waals surface area contributed by atoms with E-state index in [9.17, 15) is 4.79 Å². The minimum Gasteiger partial charge on any atom is -0.331 e. The Morgan fingerprint density at radius 1 is 1.27 bits per heavy atom. The number of urea groups is 1. The molecule has 0 aliphatic carbocycles. The van der Waals surface area contributed by atoms with Gasteiger partial charge in [-0.05, 0) is 24.3 Å². The fourth-order valence-electron chi connectivity index (χ4n) is 2.02. The lowest BCUT2D eigenvalue weighted by molar-refractivity contribution is 0.207. The first-order valence-electron chi connectivity index (χ1n) is 6.69.